The zero-order chi connectivity index (χ0) is 15.1. The highest BCUT2D eigenvalue weighted by Gasteiger charge is 2.61. The molecule has 0 amide bonds. The zero-order valence-electron chi connectivity index (χ0n) is 10.2. The van der Waals surface area contributed by atoms with E-state index < -0.39 is 29.1 Å². The SMILES string of the molecule is COC(=O)C(N)(c1c[nH]c2ccc(F)cc12)C(F)(F)F. The monoisotopic (exact) mass is 290 g/mol. The molecule has 1 heterocycles. The van der Waals surface area contributed by atoms with E-state index in [0.717, 1.165) is 25.4 Å². The average molecular weight is 290 g/mol. The first-order valence-corrected chi connectivity index (χ1v) is 5.43. The summed E-state index contributed by atoms with van der Waals surface area (Å²) < 4.78 is 57.0. The van der Waals surface area contributed by atoms with Crippen molar-refractivity contribution < 1.29 is 27.1 Å². The summed E-state index contributed by atoms with van der Waals surface area (Å²) in [6, 6.07) is 3.20. The maximum atomic E-state index is 13.2. The van der Waals surface area contributed by atoms with Gasteiger partial charge in [-0.15, -0.1) is 0 Å². The average Bonchev–Trinajstić information content (AvgIpc) is 2.78. The molecule has 3 N–H and O–H groups in total. The minimum Gasteiger partial charge on any atom is -0.467 e. The van der Waals surface area contributed by atoms with Crippen LogP contribution in [-0.4, -0.2) is 24.2 Å². The number of ether oxygens (including phenoxy) is 1. The molecule has 0 fully saturated rings. The van der Waals surface area contributed by atoms with Gasteiger partial charge < -0.3 is 15.5 Å². The number of aromatic nitrogens is 1. The van der Waals surface area contributed by atoms with Crippen LogP contribution < -0.4 is 5.73 Å². The number of fused-ring (bicyclic) bond motifs is 1. The molecule has 1 atom stereocenters. The summed E-state index contributed by atoms with van der Waals surface area (Å²) in [6.07, 6.45) is -4.17. The molecule has 0 saturated heterocycles. The number of benzene rings is 1. The number of carbonyl (C=O) groups is 1. The van der Waals surface area contributed by atoms with E-state index in [0.29, 0.717) is 0 Å². The summed E-state index contributed by atoms with van der Waals surface area (Å²) in [7, 11) is 0.797. The molecule has 0 aliphatic rings. The number of alkyl halides is 3. The van der Waals surface area contributed by atoms with Crippen LogP contribution in [0, 0.1) is 5.82 Å². The molecule has 0 aliphatic heterocycles. The third kappa shape index (κ3) is 1.92. The molecule has 108 valence electrons. The van der Waals surface area contributed by atoms with Crippen LogP contribution >= 0.6 is 0 Å². The number of carbonyl (C=O) groups excluding carboxylic acids is 1. The highest BCUT2D eigenvalue weighted by Crippen LogP contribution is 2.40. The molecule has 0 bridgehead atoms. The summed E-state index contributed by atoms with van der Waals surface area (Å²) in [5.74, 6) is -2.41. The maximum Gasteiger partial charge on any atom is 0.421 e. The Bertz CT molecular complexity index is 665. The molecular weight excluding hydrogens is 280 g/mol. The van der Waals surface area contributed by atoms with Crippen LogP contribution in [0.3, 0.4) is 0 Å². The number of H-pyrrole nitrogens is 1. The molecule has 1 aromatic heterocycles. The van der Waals surface area contributed by atoms with Crippen LogP contribution in [0.2, 0.25) is 0 Å². The van der Waals surface area contributed by atoms with Crippen molar-refractivity contribution in [3.8, 4) is 0 Å². The Hall–Kier alpha value is -2.09. The molecule has 0 radical (unpaired) electrons. The number of nitrogens with one attached hydrogen (secondary N) is 1. The third-order valence-electron chi connectivity index (χ3n) is 3.02. The predicted octanol–water partition coefficient (Wildman–Crippen LogP) is 2.20. The van der Waals surface area contributed by atoms with Crippen molar-refractivity contribution in [3.05, 3.63) is 35.8 Å². The molecule has 0 spiro atoms. The van der Waals surface area contributed by atoms with E-state index in [1.807, 2.05) is 0 Å². The lowest BCUT2D eigenvalue weighted by molar-refractivity contribution is -0.206. The van der Waals surface area contributed by atoms with Crippen molar-refractivity contribution >= 4 is 16.9 Å². The highest BCUT2D eigenvalue weighted by atomic mass is 19.4. The first-order chi connectivity index (χ1) is 9.21. The number of hydrogen-bond donors (Lipinski definition) is 2. The van der Waals surface area contributed by atoms with Crippen molar-refractivity contribution in [1.29, 1.82) is 0 Å². The number of rotatable bonds is 2. The van der Waals surface area contributed by atoms with E-state index in [2.05, 4.69) is 9.72 Å². The molecule has 4 nitrogen and oxygen atoms in total. The van der Waals surface area contributed by atoms with Crippen molar-refractivity contribution in [2.75, 3.05) is 7.11 Å². The largest absolute Gasteiger partial charge is 0.467 e. The lowest BCUT2D eigenvalue weighted by Crippen LogP contribution is -2.57. The first-order valence-electron chi connectivity index (χ1n) is 5.43. The number of methoxy groups -OCH3 is 1. The summed E-state index contributed by atoms with van der Waals surface area (Å²) >= 11 is 0. The van der Waals surface area contributed by atoms with Crippen LogP contribution in [0.5, 0.6) is 0 Å². The van der Waals surface area contributed by atoms with Crippen LogP contribution in [0.25, 0.3) is 10.9 Å². The van der Waals surface area contributed by atoms with Gasteiger partial charge in [-0.1, -0.05) is 0 Å². The fourth-order valence-electron chi connectivity index (χ4n) is 1.96. The number of halogens is 4. The second-order valence-electron chi connectivity index (χ2n) is 4.19. The predicted molar refractivity (Wildman–Crippen MR) is 62.2 cm³/mol. The van der Waals surface area contributed by atoms with Gasteiger partial charge in [-0.3, -0.25) is 0 Å². The van der Waals surface area contributed by atoms with Crippen LogP contribution in [-0.2, 0) is 15.1 Å². The molecule has 20 heavy (non-hydrogen) atoms. The normalized spacial score (nSPS) is 15.1. The fraction of sp³-hybridized carbons (Fsp3) is 0.250. The minimum atomic E-state index is -5.10. The van der Waals surface area contributed by atoms with Gasteiger partial charge in [-0.25, -0.2) is 9.18 Å². The van der Waals surface area contributed by atoms with Gasteiger partial charge in [0.1, 0.15) is 5.82 Å². The van der Waals surface area contributed by atoms with Crippen molar-refractivity contribution in [1.82, 2.24) is 4.98 Å². The van der Waals surface area contributed by atoms with Gasteiger partial charge in [0.15, 0.2) is 0 Å². The second kappa shape index (κ2) is 4.48. The Kier molecular flexibility index (Phi) is 3.21. The molecule has 8 heteroatoms. The van der Waals surface area contributed by atoms with Crippen LogP contribution in [0.4, 0.5) is 17.6 Å². The van der Waals surface area contributed by atoms with Crippen LogP contribution in [0.15, 0.2) is 24.4 Å². The van der Waals surface area contributed by atoms with Gasteiger partial charge in [0.25, 0.3) is 0 Å². The van der Waals surface area contributed by atoms with Crippen molar-refractivity contribution in [3.63, 3.8) is 0 Å². The lowest BCUT2D eigenvalue weighted by Gasteiger charge is -2.28. The number of nitrogens with two attached hydrogens (primary N) is 1. The number of esters is 1. The Labute approximate surface area is 110 Å². The summed E-state index contributed by atoms with van der Waals surface area (Å²) in [5, 5.41) is -0.129. The lowest BCUT2D eigenvalue weighted by atomic mass is 9.90. The quantitative estimate of drug-likeness (QED) is 0.658. The van der Waals surface area contributed by atoms with Gasteiger partial charge in [0, 0.05) is 22.7 Å². The van der Waals surface area contributed by atoms with Gasteiger partial charge in [0.2, 0.25) is 5.54 Å². The Balaban J connectivity index is 2.76. The highest BCUT2D eigenvalue weighted by molar-refractivity contribution is 5.93. The summed E-state index contributed by atoms with van der Waals surface area (Å²) in [6.45, 7) is 0. The topological polar surface area (TPSA) is 68.1 Å². The third-order valence-corrected chi connectivity index (χ3v) is 3.02. The molecular formula is C12H10F4N2O2. The molecule has 0 saturated carbocycles. The smallest absolute Gasteiger partial charge is 0.421 e. The number of hydrogen-bond acceptors (Lipinski definition) is 3. The van der Waals surface area contributed by atoms with E-state index in [1.165, 1.54) is 6.07 Å². The van der Waals surface area contributed by atoms with Crippen LogP contribution in [0.1, 0.15) is 5.56 Å². The summed E-state index contributed by atoms with van der Waals surface area (Å²) in [4.78, 5) is 14.1. The van der Waals surface area contributed by atoms with Gasteiger partial charge in [0.05, 0.1) is 7.11 Å². The maximum absolute atomic E-state index is 13.2. The van der Waals surface area contributed by atoms with Crippen molar-refractivity contribution in [2.45, 2.75) is 11.7 Å². The molecule has 0 aliphatic carbocycles. The van der Waals surface area contributed by atoms with E-state index in [9.17, 15) is 22.4 Å². The standard InChI is InChI=1S/C12H10F4N2O2/c1-20-10(19)11(17,12(14,15)16)8-5-18-9-3-2-6(13)4-7(8)9/h2-5,18H,17H2,1H3. The fourth-order valence-corrected chi connectivity index (χ4v) is 1.96. The first kappa shape index (κ1) is 14.3. The van der Waals surface area contributed by atoms with Gasteiger partial charge in [-0.2, -0.15) is 13.2 Å². The minimum absolute atomic E-state index is 0.129. The molecule has 2 aromatic rings. The zero-order valence-corrected chi connectivity index (χ0v) is 10.2. The van der Waals surface area contributed by atoms with Gasteiger partial charge >= 0.3 is 12.1 Å². The van der Waals surface area contributed by atoms with E-state index in [4.69, 9.17) is 5.73 Å². The van der Waals surface area contributed by atoms with Crippen molar-refractivity contribution in [2.24, 2.45) is 5.73 Å². The summed E-state index contributed by atoms with van der Waals surface area (Å²) in [5.41, 5.74) is 1.54. The van der Waals surface area contributed by atoms with Gasteiger partial charge in [-0.05, 0) is 18.2 Å². The molecule has 1 unspecified atom stereocenters. The Morgan fingerprint density at radius 2 is 2.00 bits per heavy atom. The van der Waals surface area contributed by atoms with E-state index in [1.54, 1.807) is 0 Å². The van der Waals surface area contributed by atoms with E-state index >= 15 is 0 Å². The molecule has 1 aromatic carbocycles. The second-order valence-corrected chi connectivity index (χ2v) is 4.19. The van der Waals surface area contributed by atoms with E-state index in [-0.39, 0.29) is 10.9 Å². The number of aromatic amines is 1. The molecule has 2 rings (SSSR count). The Morgan fingerprint density at radius 1 is 1.35 bits per heavy atom. The Morgan fingerprint density at radius 3 is 2.55 bits per heavy atom.